The van der Waals surface area contributed by atoms with Gasteiger partial charge in [0, 0.05) is 13.1 Å². The van der Waals surface area contributed by atoms with Gasteiger partial charge in [0.05, 0.1) is 6.54 Å². The van der Waals surface area contributed by atoms with E-state index < -0.39 is 0 Å². The first-order valence-electron chi connectivity index (χ1n) is 4.51. The Hall–Kier alpha value is -1.16. The van der Waals surface area contributed by atoms with E-state index in [0.717, 1.165) is 26.1 Å². The van der Waals surface area contributed by atoms with Gasteiger partial charge in [-0.15, -0.1) is 0 Å². The van der Waals surface area contributed by atoms with Gasteiger partial charge in [-0.25, -0.2) is 0 Å². The highest BCUT2D eigenvalue weighted by molar-refractivity contribution is 4.92. The summed E-state index contributed by atoms with van der Waals surface area (Å²) in [4.78, 5) is 6.45. The SMILES string of the molecule is Cc1noc(CN2CC=CCC2)n1. The van der Waals surface area contributed by atoms with Crippen molar-refractivity contribution in [3.63, 3.8) is 0 Å². The molecule has 13 heavy (non-hydrogen) atoms. The van der Waals surface area contributed by atoms with Crippen molar-refractivity contribution in [2.45, 2.75) is 19.9 Å². The van der Waals surface area contributed by atoms with Crippen LogP contribution < -0.4 is 0 Å². The van der Waals surface area contributed by atoms with Crippen molar-refractivity contribution in [3.05, 3.63) is 23.9 Å². The third kappa shape index (κ3) is 2.15. The lowest BCUT2D eigenvalue weighted by Crippen LogP contribution is -2.26. The molecule has 4 heteroatoms. The predicted octanol–water partition coefficient (Wildman–Crippen LogP) is 1.14. The molecule has 0 atom stereocenters. The highest BCUT2D eigenvalue weighted by Crippen LogP contribution is 2.06. The van der Waals surface area contributed by atoms with Crippen LogP contribution in [0, 0.1) is 6.92 Å². The molecule has 2 rings (SSSR count). The van der Waals surface area contributed by atoms with Crippen molar-refractivity contribution >= 4 is 0 Å². The molecule has 0 unspecified atom stereocenters. The number of aromatic nitrogens is 2. The van der Waals surface area contributed by atoms with Crippen LogP contribution in [0.2, 0.25) is 0 Å². The highest BCUT2D eigenvalue weighted by Gasteiger charge is 2.10. The van der Waals surface area contributed by atoms with Crippen LogP contribution in [0.3, 0.4) is 0 Å². The second-order valence-corrected chi connectivity index (χ2v) is 3.23. The first kappa shape index (κ1) is 8.44. The first-order chi connectivity index (χ1) is 6.34. The molecule has 1 aliphatic heterocycles. The molecule has 0 spiro atoms. The van der Waals surface area contributed by atoms with Crippen LogP contribution in [0.4, 0.5) is 0 Å². The Morgan fingerprint density at radius 1 is 1.54 bits per heavy atom. The summed E-state index contributed by atoms with van der Waals surface area (Å²) in [7, 11) is 0. The Labute approximate surface area is 77.2 Å². The number of hydrogen-bond acceptors (Lipinski definition) is 4. The summed E-state index contributed by atoms with van der Waals surface area (Å²) in [5, 5.41) is 3.75. The molecule has 0 N–H and O–H groups in total. The highest BCUT2D eigenvalue weighted by atomic mass is 16.5. The Kier molecular flexibility index (Phi) is 2.40. The van der Waals surface area contributed by atoms with E-state index in [2.05, 4.69) is 27.2 Å². The van der Waals surface area contributed by atoms with Crippen molar-refractivity contribution in [1.82, 2.24) is 15.0 Å². The Bertz CT molecular complexity index is 306. The second kappa shape index (κ2) is 3.70. The minimum absolute atomic E-state index is 0.711. The van der Waals surface area contributed by atoms with E-state index >= 15 is 0 Å². The smallest absolute Gasteiger partial charge is 0.240 e. The minimum atomic E-state index is 0.711. The van der Waals surface area contributed by atoms with Crippen LogP contribution in [-0.2, 0) is 6.54 Å². The van der Waals surface area contributed by atoms with E-state index in [9.17, 15) is 0 Å². The van der Waals surface area contributed by atoms with Gasteiger partial charge in [0.2, 0.25) is 5.89 Å². The van der Waals surface area contributed by atoms with E-state index in [1.165, 1.54) is 0 Å². The van der Waals surface area contributed by atoms with Crippen LogP contribution >= 0.6 is 0 Å². The monoisotopic (exact) mass is 179 g/mol. The molecule has 70 valence electrons. The summed E-state index contributed by atoms with van der Waals surface area (Å²) in [5.41, 5.74) is 0. The summed E-state index contributed by atoms with van der Waals surface area (Å²) in [6, 6.07) is 0. The van der Waals surface area contributed by atoms with Crippen molar-refractivity contribution in [2.75, 3.05) is 13.1 Å². The molecule has 1 aromatic rings. The average molecular weight is 179 g/mol. The molecule has 0 bridgehead atoms. The average Bonchev–Trinajstić information content (AvgIpc) is 2.53. The minimum Gasteiger partial charge on any atom is -0.338 e. The van der Waals surface area contributed by atoms with Gasteiger partial charge in [-0.2, -0.15) is 4.98 Å². The lowest BCUT2D eigenvalue weighted by atomic mass is 10.2. The fourth-order valence-corrected chi connectivity index (χ4v) is 1.43. The summed E-state index contributed by atoms with van der Waals surface area (Å²) in [6.45, 7) is 4.67. The molecule has 4 nitrogen and oxygen atoms in total. The first-order valence-corrected chi connectivity index (χ1v) is 4.51. The van der Waals surface area contributed by atoms with Crippen LogP contribution in [0.25, 0.3) is 0 Å². The Morgan fingerprint density at radius 2 is 2.46 bits per heavy atom. The Morgan fingerprint density at radius 3 is 3.08 bits per heavy atom. The summed E-state index contributed by atoms with van der Waals surface area (Å²) in [6.07, 6.45) is 5.50. The van der Waals surface area contributed by atoms with Crippen molar-refractivity contribution < 1.29 is 4.52 Å². The lowest BCUT2D eigenvalue weighted by molar-refractivity contribution is 0.243. The molecular weight excluding hydrogens is 166 g/mol. The van der Waals surface area contributed by atoms with E-state index in [4.69, 9.17) is 4.52 Å². The van der Waals surface area contributed by atoms with Crippen molar-refractivity contribution in [1.29, 1.82) is 0 Å². The van der Waals surface area contributed by atoms with Crippen molar-refractivity contribution in [3.8, 4) is 0 Å². The third-order valence-corrected chi connectivity index (χ3v) is 2.07. The van der Waals surface area contributed by atoms with Crippen LogP contribution in [0.15, 0.2) is 16.7 Å². The van der Waals surface area contributed by atoms with Crippen molar-refractivity contribution in [2.24, 2.45) is 0 Å². The summed E-state index contributed by atoms with van der Waals surface area (Å²) in [5.74, 6) is 1.43. The van der Waals surface area contributed by atoms with Gasteiger partial charge in [0.15, 0.2) is 5.82 Å². The molecule has 0 saturated heterocycles. The van der Waals surface area contributed by atoms with E-state index in [-0.39, 0.29) is 0 Å². The maximum Gasteiger partial charge on any atom is 0.240 e. The molecule has 1 aliphatic rings. The van der Waals surface area contributed by atoms with E-state index in [0.29, 0.717) is 11.7 Å². The lowest BCUT2D eigenvalue weighted by Gasteiger charge is -2.20. The Balaban J connectivity index is 1.94. The fraction of sp³-hybridized carbons (Fsp3) is 0.556. The number of rotatable bonds is 2. The molecule has 0 amide bonds. The van der Waals surface area contributed by atoms with Gasteiger partial charge < -0.3 is 4.52 Å². The van der Waals surface area contributed by atoms with Gasteiger partial charge in [-0.05, 0) is 13.3 Å². The zero-order valence-corrected chi connectivity index (χ0v) is 7.73. The molecule has 0 aliphatic carbocycles. The number of nitrogens with zero attached hydrogens (tertiary/aromatic N) is 3. The normalized spacial score (nSPS) is 17.9. The topological polar surface area (TPSA) is 42.2 Å². The molecule has 2 heterocycles. The molecule has 0 radical (unpaired) electrons. The zero-order chi connectivity index (χ0) is 9.10. The summed E-state index contributed by atoms with van der Waals surface area (Å²) < 4.78 is 5.04. The molecule has 0 aromatic carbocycles. The van der Waals surface area contributed by atoms with Crippen LogP contribution in [-0.4, -0.2) is 28.1 Å². The van der Waals surface area contributed by atoms with Gasteiger partial charge in [-0.3, -0.25) is 4.90 Å². The van der Waals surface area contributed by atoms with Gasteiger partial charge in [0.25, 0.3) is 0 Å². The standard InChI is InChI=1S/C9H13N3O/c1-8-10-9(13-11-8)7-12-5-3-2-4-6-12/h2-3H,4-7H2,1H3. The van der Waals surface area contributed by atoms with Gasteiger partial charge in [0.1, 0.15) is 0 Å². The molecular formula is C9H13N3O. The van der Waals surface area contributed by atoms with Crippen LogP contribution in [0.5, 0.6) is 0 Å². The van der Waals surface area contributed by atoms with Crippen LogP contribution in [0.1, 0.15) is 18.1 Å². The second-order valence-electron chi connectivity index (χ2n) is 3.23. The van der Waals surface area contributed by atoms with Gasteiger partial charge >= 0.3 is 0 Å². The number of hydrogen-bond donors (Lipinski definition) is 0. The van der Waals surface area contributed by atoms with E-state index in [1.807, 2.05) is 6.92 Å². The maximum absolute atomic E-state index is 5.04. The molecule has 0 saturated carbocycles. The quantitative estimate of drug-likeness (QED) is 0.638. The molecule has 1 aromatic heterocycles. The molecule has 0 fully saturated rings. The maximum atomic E-state index is 5.04. The van der Waals surface area contributed by atoms with E-state index in [1.54, 1.807) is 0 Å². The third-order valence-electron chi connectivity index (χ3n) is 2.07. The largest absolute Gasteiger partial charge is 0.338 e. The zero-order valence-electron chi connectivity index (χ0n) is 7.73. The summed E-state index contributed by atoms with van der Waals surface area (Å²) >= 11 is 0. The predicted molar refractivity (Wildman–Crippen MR) is 48.1 cm³/mol. The fourth-order valence-electron chi connectivity index (χ4n) is 1.43. The number of aryl methyl sites for hydroxylation is 1. The van der Waals surface area contributed by atoms with Gasteiger partial charge in [-0.1, -0.05) is 17.3 Å².